The third-order valence-electron chi connectivity index (χ3n) is 7.15. The Hall–Kier alpha value is -0.540. The van der Waals surface area contributed by atoms with Gasteiger partial charge >= 0.3 is 0 Å². The summed E-state index contributed by atoms with van der Waals surface area (Å²) in [6.07, 6.45) is 10.9. The molecule has 5 rings (SSSR count). The van der Waals surface area contributed by atoms with Crippen molar-refractivity contribution >= 4 is 23.2 Å². The number of halogens is 2. The van der Waals surface area contributed by atoms with Gasteiger partial charge in [0.05, 0.1) is 0 Å². The third-order valence-corrected chi connectivity index (χ3v) is 7.74. The van der Waals surface area contributed by atoms with E-state index in [1.165, 1.54) is 63.7 Å². The molecule has 3 fully saturated rings. The van der Waals surface area contributed by atoms with Crippen LogP contribution in [-0.2, 0) is 6.54 Å². The van der Waals surface area contributed by atoms with E-state index in [1.807, 2.05) is 12.1 Å². The zero-order chi connectivity index (χ0) is 17.7. The quantitative estimate of drug-likeness (QED) is 0.624. The first kappa shape index (κ1) is 17.6. The van der Waals surface area contributed by atoms with Crippen LogP contribution >= 0.6 is 23.2 Å². The number of piperidine rings is 3. The molecule has 0 unspecified atom stereocenters. The maximum atomic E-state index is 6.49. The molecule has 0 N–H and O–H groups in total. The molecule has 0 saturated carbocycles. The third kappa shape index (κ3) is 3.13. The Labute approximate surface area is 167 Å². The molecule has 4 heteroatoms. The molecular weight excluding hydrogens is 363 g/mol. The van der Waals surface area contributed by atoms with Gasteiger partial charge in [0.25, 0.3) is 0 Å². The lowest BCUT2D eigenvalue weighted by Crippen LogP contribution is -2.58. The first-order valence-electron chi connectivity index (χ1n) is 10.3. The van der Waals surface area contributed by atoms with Gasteiger partial charge in [0.1, 0.15) is 0 Å². The molecule has 1 aliphatic carbocycles. The van der Waals surface area contributed by atoms with E-state index in [9.17, 15) is 0 Å². The normalized spacial score (nSPS) is 34.8. The number of hydrogen-bond donors (Lipinski definition) is 0. The van der Waals surface area contributed by atoms with Crippen LogP contribution in [0.25, 0.3) is 0 Å². The standard InChI is InChI=1S/C22H28Cl2N2/c23-19-7-6-16(20(24)12-19)13-26-9-3-4-15-10-17-11-18(22(15)26)14-25-8-2-1-5-21(17)25/h6-7,10,12,17-18,21-22H,1-5,8-9,11,13-14H2/t17-,18+,21+,22+/m0/s1. The molecular formula is C22H28Cl2N2. The second-order valence-electron chi connectivity index (χ2n) is 8.71. The lowest BCUT2D eigenvalue weighted by Gasteiger charge is -2.54. The van der Waals surface area contributed by atoms with E-state index in [0.717, 1.165) is 34.5 Å². The van der Waals surface area contributed by atoms with Gasteiger partial charge in [-0.2, -0.15) is 0 Å². The summed E-state index contributed by atoms with van der Waals surface area (Å²) in [5, 5.41) is 1.53. The Bertz CT molecular complexity index is 716. The zero-order valence-corrected chi connectivity index (χ0v) is 16.9. The maximum absolute atomic E-state index is 6.49. The van der Waals surface area contributed by atoms with Crippen molar-refractivity contribution in [2.45, 2.75) is 57.2 Å². The van der Waals surface area contributed by atoms with Gasteiger partial charge in [0.15, 0.2) is 0 Å². The fraction of sp³-hybridized carbons (Fsp3) is 0.636. The fourth-order valence-corrected chi connectivity index (χ4v) is 6.60. The number of fused-ring (bicyclic) bond motifs is 6. The van der Waals surface area contributed by atoms with Crippen LogP contribution in [0.15, 0.2) is 29.8 Å². The smallest absolute Gasteiger partial charge is 0.0465 e. The molecule has 0 spiro atoms. The minimum absolute atomic E-state index is 0.620. The number of nitrogens with zero attached hydrogens (tertiary/aromatic N) is 2. The molecule has 0 aromatic heterocycles. The highest BCUT2D eigenvalue weighted by Crippen LogP contribution is 2.45. The highest BCUT2D eigenvalue weighted by molar-refractivity contribution is 6.35. The van der Waals surface area contributed by atoms with E-state index >= 15 is 0 Å². The van der Waals surface area contributed by atoms with Crippen LogP contribution in [0.1, 0.15) is 44.1 Å². The molecule has 3 saturated heterocycles. The lowest BCUT2D eigenvalue weighted by molar-refractivity contribution is -0.00264. The minimum atomic E-state index is 0.620. The largest absolute Gasteiger partial charge is 0.299 e. The molecule has 4 atom stereocenters. The molecule has 2 bridgehead atoms. The van der Waals surface area contributed by atoms with Crippen molar-refractivity contribution in [3.63, 3.8) is 0 Å². The Morgan fingerprint density at radius 1 is 1.08 bits per heavy atom. The first-order chi connectivity index (χ1) is 12.7. The maximum Gasteiger partial charge on any atom is 0.0465 e. The van der Waals surface area contributed by atoms with Gasteiger partial charge in [-0.05, 0) is 74.7 Å². The summed E-state index contributed by atoms with van der Waals surface area (Å²) in [5.74, 6) is 1.60. The molecule has 4 aliphatic rings. The van der Waals surface area contributed by atoms with Gasteiger partial charge in [-0.3, -0.25) is 9.80 Å². The summed E-state index contributed by atoms with van der Waals surface area (Å²) in [4.78, 5) is 5.52. The number of rotatable bonds is 2. The first-order valence-corrected chi connectivity index (χ1v) is 11.1. The molecule has 1 aromatic rings. The van der Waals surface area contributed by atoms with E-state index in [1.54, 1.807) is 5.57 Å². The van der Waals surface area contributed by atoms with Crippen molar-refractivity contribution in [1.29, 1.82) is 0 Å². The summed E-state index contributed by atoms with van der Waals surface area (Å²) in [7, 11) is 0. The van der Waals surface area contributed by atoms with Crippen LogP contribution in [-0.4, -0.2) is 41.5 Å². The van der Waals surface area contributed by atoms with Crippen LogP contribution in [0.5, 0.6) is 0 Å². The van der Waals surface area contributed by atoms with Crippen molar-refractivity contribution in [3.05, 3.63) is 45.5 Å². The molecule has 0 radical (unpaired) electrons. The predicted octanol–water partition coefficient (Wildman–Crippen LogP) is 5.39. The van der Waals surface area contributed by atoms with Crippen molar-refractivity contribution in [2.24, 2.45) is 11.8 Å². The fourth-order valence-electron chi connectivity index (χ4n) is 6.13. The summed E-state index contributed by atoms with van der Waals surface area (Å²) in [5.41, 5.74) is 2.94. The van der Waals surface area contributed by atoms with Crippen molar-refractivity contribution in [2.75, 3.05) is 19.6 Å². The molecule has 1 aromatic carbocycles. The Kier molecular flexibility index (Phi) is 4.81. The molecule has 3 aliphatic heterocycles. The summed E-state index contributed by atoms with van der Waals surface area (Å²) < 4.78 is 0. The van der Waals surface area contributed by atoms with E-state index in [0.29, 0.717) is 6.04 Å². The van der Waals surface area contributed by atoms with Gasteiger partial charge in [-0.15, -0.1) is 0 Å². The molecule has 0 amide bonds. The van der Waals surface area contributed by atoms with E-state index < -0.39 is 0 Å². The topological polar surface area (TPSA) is 6.48 Å². The Balaban J connectivity index is 1.42. The van der Waals surface area contributed by atoms with Gasteiger partial charge in [-0.25, -0.2) is 0 Å². The number of hydrogen-bond acceptors (Lipinski definition) is 2. The average Bonchev–Trinajstić information content (AvgIpc) is 2.64. The van der Waals surface area contributed by atoms with Crippen LogP contribution < -0.4 is 0 Å². The minimum Gasteiger partial charge on any atom is -0.299 e. The van der Waals surface area contributed by atoms with Crippen LogP contribution in [0.4, 0.5) is 0 Å². The monoisotopic (exact) mass is 390 g/mol. The second kappa shape index (κ2) is 7.13. The molecule has 2 nitrogen and oxygen atoms in total. The number of benzene rings is 1. The van der Waals surface area contributed by atoms with Crippen LogP contribution in [0, 0.1) is 11.8 Å². The van der Waals surface area contributed by atoms with Crippen LogP contribution in [0.2, 0.25) is 10.0 Å². The molecule has 140 valence electrons. The Morgan fingerprint density at radius 2 is 2.00 bits per heavy atom. The zero-order valence-electron chi connectivity index (χ0n) is 15.3. The molecule has 26 heavy (non-hydrogen) atoms. The van der Waals surface area contributed by atoms with E-state index in [4.69, 9.17) is 23.2 Å². The van der Waals surface area contributed by atoms with Crippen molar-refractivity contribution in [3.8, 4) is 0 Å². The number of likely N-dealkylation sites (tertiary alicyclic amines) is 1. The van der Waals surface area contributed by atoms with Crippen LogP contribution in [0.3, 0.4) is 0 Å². The highest BCUT2D eigenvalue weighted by Gasteiger charge is 2.45. The summed E-state index contributed by atoms with van der Waals surface area (Å²) >= 11 is 12.6. The van der Waals surface area contributed by atoms with Gasteiger partial charge in [0.2, 0.25) is 0 Å². The molecule has 3 heterocycles. The van der Waals surface area contributed by atoms with Crippen molar-refractivity contribution in [1.82, 2.24) is 9.80 Å². The Morgan fingerprint density at radius 3 is 2.88 bits per heavy atom. The average molecular weight is 391 g/mol. The predicted molar refractivity (Wildman–Crippen MR) is 109 cm³/mol. The highest BCUT2D eigenvalue weighted by atomic mass is 35.5. The SMILES string of the molecule is Clc1ccc(CN2CCCC3=C[C@H]4C[C@H](CN5CCCC[C@H]45)[C@@H]32)c(Cl)c1. The van der Waals surface area contributed by atoms with Gasteiger partial charge in [0, 0.05) is 35.2 Å². The van der Waals surface area contributed by atoms with Crippen molar-refractivity contribution < 1.29 is 0 Å². The second-order valence-corrected chi connectivity index (χ2v) is 9.56. The van der Waals surface area contributed by atoms with E-state index in [2.05, 4.69) is 21.9 Å². The van der Waals surface area contributed by atoms with Gasteiger partial charge < -0.3 is 0 Å². The summed E-state index contributed by atoms with van der Waals surface area (Å²) in [6.45, 7) is 4.75. The summed E-state index contributed by atoms with van der Waals surface area (Å²) in [6, 6.07) is 7.41. The lowest BCUT2D eigenvalue weighted by atomic mass is 9.68. The van der Waals surface area contributed by atoms with Gasteiger partial charge in [-0.1, -0.05) is 47.3 Å². The van der Waals surface area contributed by atoms with E-state index in [-0.39, 0.29) is 0 Å².